The summed E-state index contributed by atoms with van der Waals surface area (Å²) >= 11 is 0. The molecule has 2 amide bonds. The van der Waals surface area contributed by atoms with Crippen molar-refractivity contribution >= 4 is 17.5 Å². The summed E-state index contributed by atoms with van der Waals surface area (Å²) in [4.78, 5) is 26.7. The van der Waals surface area contributed by atoms with E-state index >= 15 is 0 Å². The summed E-state index contributed by atoms with van der Waals surface area (Å²) in [7, 11) is 1.37. The number of nitrogens with zero attached hydrogens (tertiary/aromatic N) is 1. The molecule has 1 heterocycles. The van der Waals surface area contributed by atoms with Crippen LogP contribution in [0.15, 0.2) is 42.5 Å². The summed E-state index contributed by atoms with van der Waals surface area (Å²) < 4.78 is 40.3. The van der Waals surface area contributed by atoms with Crippen LogP contribution in [0.25, 0.3) is 0 Å². The summed E-state index contributed by atoms with van der Waals surface area (Å²) in [5, 5.41) is 2.82. The number of rotatable bonds is 10. The fraction of sp³-hybridized carbons (Fsp3) is 0.391. The van der Waals surface area contributed by atoms with Crippen LogP contribution in [0.4, 0.5) is 14.5 Å². The quantitative estimate of drug-likeness (QED) is 0.603. The normalized spacial score (nSPS) is 15.7. The van der Waals surface area contributed by atoms with Crippen LogP contribution in [0.2, 0.25) is 0 Å². The molecule has 32 heavy (non-hydrogen) atoms. The van der Waals surface area contributed by atoms with E-state index in [4.69, 9.17) is 9.47 Å². The molecule has 0 aromatic heterocycles. The predicted molar refractivity (Wildman–Crippen MR) is 114 cm³/mol. The Kier molecular flexibility index (Phi) is 7.86. The molecule has 1 atom stereocenters. The Hall–Kier alpha value is -3.36. The van der Waals surface area contributed by atoms with Gasteiger partial charge < -0.3 is 24.4 Å². The third-order valence-corrected chi connectivity index (χ3v) is 5.11. The summed E-state index contributed by atoms with van der Waals surface area (Å²) in [5.41, 5.74) is 1.36. The first-order valence-electron chi connectivity index (χ1n) is 10.3. The van der Waals surface area contributed by atoms with E-state index in [0.717, 1.165) is 0 Å². The van der Waals surface area contributed by atoms with E-state index in [1.54, 1.807) is 23.1 Å². The zero-order valence-corrected chi connectivity index (χ0v) is 18.0. The number of halogens is 2. The lowest BCUT2D eigenvalue weighted by atomic mass is 10.1. The fourth-order valence-electron chi connectivity index (χ4n) is 3.61. The van der Waals surface area contributed by atoms with E-state index in [1.807, 2.05) is 19.1 Å². The predicted octanol–water partition coefficient (Wildman–Crippen LogP) is 3.41. The van der Waals surface area contributed by atoms with Crippen molar-refractivity contribution in [2.75, 3.05) is 31.7 Å². The molecule has 1 aliphatic rings. The number of nitrogens with one attached hydrogen (secondary N) is 1. The summed E-state index contributed by atoms with van der Waals surface area (Å²) in [5.74, 6) is -0.101. The van der Waals surface area contributed by atoms with Gasteiger partial charge in [0.1, 0.15) is 5.75 Å². The molecule has 2 aromatic rings. The maximum Gasteiger partial charge on any atom is 0.387 e. The zero-order chi connectivity index (χ0) is 23.1. The van der Waals surface area contributed by atoms with Crippen molar-refractivity contribution in [3.8, 4) is 17.2 Å². The molecule has 2 aromatic carbocycles. The van der Waals surface area contributed by atoms with Crippen LogP contribution in [0, 0.1) is 5.92 Å². The lowest BCUT2D eigenvalue weighted by Gasteiger charge is -2.20. The molecule has 0 bridgehead atoms. The zero-order valence-electron chi connectivity index (χ0n) is 18.0. The average Bonchev–Trinajstić information content (AvgIpc) is 3.16. The molecule has 1 aliphatic heterocycles. The van der Waals surface area contributed by atoms with Gasteiger partial charge in [-0.25, -0.2) is 0 Å². The van der Waals surface area contributed by atoms with Crippen molar-refractivity contribution in [1.29, 1.82) is 0 Å². The monoisotopic (exact) mass is 448 g/mol. The summed E-state index contributed by atoms with van der Waals surface area (Å²) in [6.45, 7) is -0.0687. The summed E-state index contributed by atoms with van der Waals surface area (Å²) in [6, 6.07) is 12.0. The Morgan fingerprint density at radius 2 is 1.97 bits per heavy atom. The Morgan fingerprint density at radius 3 is 2.69 bits per heavy atom. The highest BCUT2D eigenvalue weighted by Gasteiger charge is 2.36. The molecule has 7 nitrogen and oxygen atoms in total. The molecule has 3 rings (SSSR count). The van der Waals surface area contributed by atoms with Crippen LogP contribution in [0.5, 0.6) is 17.2 Å². The number of methoxy groups -OCH3 is 1. The van der Waals surface area contributed by atoms with E-state index in [-0.39, 0.29) is 36.3 Å². The lowest BCUT2D eigenvalue weighted by Crippen LogP contribution is -2.34. The van der Waals surface area contributed by atoms with Gasteiger partial charge in [0.05, 0.1) is 25.3 Å². The van der Waals surface area contributed by atoms with Gasteiger partial charge in [0.2, 0.25) is 11.8 Å². The molecular formula is C23H26F2N2O5. The van der Waals surface area contributed by atoms with Gasteiger partial charge in [-0.05, 0) is 43.2 Å². The largest absolute Gasteiger partial charge is 0.493 e. The SMILES string of the molecule is CCOc1ccccc1N1CC(C(=O)NCCc2ccc(OC)c(OC(F)F)c2)CC1=O. The molecule has 0 radical (unpaired) electrons. The number of para-hydroxylation sites is 2. The number of ether oxygens (including phenoxy) is 3. The van der Waals surface area contributed by atoms with Gasteiger partial charge in [-0.2, -0.15) is 8.78 Å². The van der Waals surface area contributed by atoms with Crippen molar-refractivity contribution in [3.05, 3.63) is 48.0 Å². The molecule has 172 valence electrons. The van der Waals surface area contributed by atoms with Crippen LogP contribution in [-0.4, -0.2) is 45.2 Å². The number of carbonyl (C=O) groups is 2. The van der Waals surface area contributed by atoms with Gasteiger partial charge in [0.15, 0.2) is 11.5 Å². The second kappa shape index (κ2) is 10.8. The van der Waals surface area contributed by atoms with Gasteiger partial charge in [-0.15, -0.1) is 0 Å². The number of amides is 2. The van der Waals surface area contributed by atoms with Crippen LogP contribution >= 0.6 is 0 Å². The van der Waals surface area contributed by atoms with Crippen molar-refractivity contribution in [3.63, 3.8) is 0 Å². The fourth-order valence-corrected chi connectivity index (χ4v) is 3.61. The van der Waals surface area contributed by atoms with E-state index < -0.39 is 12.5 Å². The second-order valence-electron chi connectivity index (χ2n) is 7.21. The number of hydrogen-bond acceptors (Lipinski definition) is 5. The molecule has 0 aliphatic carbocycles. The molecule has 1 N–H and O–H groups in total. The number of alkyl halides is 2. The van der Waals surface area contributed by atoms with Gasteiger partial charge in [-0.3, -0.25) is 9.59 Å². The highest BCUT2D eigenvalue weighted by molar-refractivity contribution is 6.01. The highest BCUT2D eigenvalue weighted by Crippen LogP contribution is 2.33. The molecule has 1 unspecified atom stereocenters. The van der Waals surface area contributed by atoms with E-state index in [1.165, 1.54) is 19.2 Å². The molecule has 0 spiro atoms. The first-order valence-corrected chi connectivity index (χ1v) is 10.3. The Labute approximate surface area is 185 Å². The first kappa shape index (κ1) is 23.3. The number of anilines is 1. The topological polar surface area (TPSA) is 77.1 Å². The smallest absolute Gasteiger partial charge is 0.387 e. The van der Waals surface area contributed by atoms with Crippen molar-refractivity contribution in [2.24, 2.45) is 5.92 Å². The molecule has 9 heteroatoms. The second-order valence-corrected chi connectivity index (χ2v) is 7.21. The first-order chi connectivity index (χ1) is 15.4. The van der Waals surface area contributed by atoms with E-state index in [9.17, 15) is 18.4 Å². The van der Waals surface area contributed by atoms with Crippen LogP contribution in [0.1, 0.15) is 18.9 Å². The van der Waals surface area contributed by atoms with E-state index in [2.05, 4.69) is 10.1 Å². The summed E-state index contributed by atoms with van der Waals surface area (Å²) in [6.07, 6.45) is 0.522. The Balaban J connectivity index is 1.57. The van der Waals surface area contributed by atoms with Gasteiger partial charge in [-0.1, -0.05) is 18.2 Å². The third kappa shape index (κ3) is 5.66. The lowest BCUT2D eigenvalue weighted by molar-refractivity contribution is -0.126. The third-order valence-electron chi connectivity index (χ3n) is 5.11. The molecule has 1 fully saturated rings. The van der Waals surface area contributed by atoms with Crippen LogP contribution < -0.4 is 24.4 Å². The van der Waals surface area contributed by atoms with Crippen molar-refractivity contribution in [1.82, 2.24) is 5.32 Å². The minimum atomic E-state index is -2.96. The minimum Gasteiger partial charge on any atom is -0.493 e. The number of carbonyl (C=O) groups excluding carboxylic acids is 2. The van der Waals surface area contributed by atoms with Gasteiger partial charge >= 0.3 is 6.61 Å². The standard InChI is InChI=1S/C23H26F2N2O5/c1-3-31-18-7-5-4-6-17(18)27-14-16(13-21(27)28)22(29)26-11-10-15-8-9-19(30-2)20(12-15)32-23(24)25/h4-9,12,16,23H,3,10-11,13-14H2,1-2H3,(H,26,29). The molecular weight excluding hydrogens is 422 g/mol. The average molecular weight is 448 g/mol. The van der Waals surface area contributed by atoms with E-state index in [0.29, 0.717) is 36.6 Å². The maximum absolute atomic E-state index is 12.6. The minimum absolute atomic E-state index is 0.0590. The van der Waals surface area contributed by atoms with Gasteiger partial charge in [0.25, 0.3) is 0 Å². The number of hydrogen-bond donors (Lipinski definition) is 1. The Morgan fingerprint density at radius 1 is 1.19 bits per heavy atom. The highest BCUT2D eigenvalue weighted by atomic mass is 19.3. The molecule has 1 saturated heterocycles. The Bertz CT molecular complexity index is 954. The maximum atomic E-state index is 12.6. The van der Waals surface area contributed by atoms with Crippen molar-refractivity contribution in [2.45, 2.75) is 26.4 Å². The van der Waals surface area contributed by atoms with Crippen LogP contribution in [0.3, 0.4) is 0 Å². The van der Waals surface area contributed by atoms with Gasteiger partial charge in [0, 0.05) is 19.5 Å². The molecule has 0 saturated carbocycles. The van der Waals surface area contributed by atoms with Crippen LogP contribution in [-0.2, 0) is 16.0 Å². The van der Waals surface area contributed by atoms with Crippen molar-refractivity contribution < 1.29 is 32.6 Å². The number of benzene rings is 2.